The Balaban J connectivity index is 2.76. The molecule has 80 valence electrons. The summed E-state index contributed by atoms with van der Waals surface area (Å²) in [6.45, 7) is 6.06. The predicted octanol–water partition coefficient (Wildman–Crippen LogP) is 2.12. The molecule has 4 heteroatoms. The van der Waals surface area contributed by atoms with Gasteiger partial charge in [0.1, 0.15) is 6.61 Å². The fraction of sp³-hybridized carbons (Fsp3) is 0.273. The van der Waals surface area contributed by atoms with Crippen LogP contribution < -0.4 is 4.74 Å². The summed E-state index contributed by atoms with van der Waals surface area (Å²) in [6, 6.07) is 3.22. The number of hydrogen-bond donors (Lipinski definition) is 1. The summed E-state index contributed by atoms with van der Waals surface area (Å²) in [4.78, 5) is 14.5. The van der Waals surface area contributed by atoms with Gasteiger partial charge < -0.3 is 9.84 Å². The zero-order valence-corrected chi connectivity index (χ0v) is 8.56. The van der Waals surface area contributed by atoms with Gasteiger partial charge in [-0.05, 0) is 24.1 Å². The number of pyridine rings is 1. The molecule has 0 saturated heterocycles. The lowest BCUT2D eigenvalue weighted by Crippen LogP contribution is -2.07. The first-order chi connectivity index (χ1) is 7.15. The van der Waals surface area contributed by atoms with Crippen molar-refractivity contribution in [1.82, 2.24) is 4.98 Å². The Hall–Kier alpha value is -1.84. The molecule has 1 aromatic heterocycles. The third kappa shape index (κ3) is 3.09. The molecule has 0 fully saturated rings. The minimum atomic E-state index is -1.09. The molecule has 1 heterocycles. The van der Waals surface area contributed by atoms with Crippen molar-refractivity contribution in [2.75, 3.05) is 6.61 Å². The van der Waals surface area contributed by atoms with E-state index in [0.29, 0.717) is 6.61 Å². The third-order valence-corrected chi connectivity index (χ3v) is 1.91. The number of hydrogen-bond acceptors (Lipinski definition) is 3. The minimum Gasteiger partial charge on any atom is -0.487 e. The van der Waals surface area contributed by atoms with E-state index in [1.165, 1.54) is 6.20 Å². The van der Waals surface area contributed by atoms with Crippen LogP contribution in [0, 0.1) is 0 Å². The molecule has 0 radical (unpaired) electrons. The van der Waals surface area contributed by atoms with Crippen LogP contribution in [0.1, 0.15) is 23.8 Å². The van der Waals surface area contributed by atoms with E-state index in [2.05, 4.69) is 11.6 Å². The van der Waals surface area contributed by atoms with Gasteiger partial charge in [0.05, 0.1) is 0 Å². The summed E-state index contributed by atoms with van der Waals surface area (Å²) in [5, 5.41) is 8.82. The van der Waals surface area contributed by atoms with Gasteiger partial charge in [0.15, 0.2) is 11.4 Å². The van der Waals surface area contributed by atoms with Crippen molar-refractivity contribution in [2.45, 2.75) is 13.3 Å². The highest BCUT2D eigenvalue weighted by atomic mass is 16.5. The maximum atomic E-state index is 10.8. The van der Waals surface area contributed by atoms with E-state index < -0.39 is 5.97 Å². The first-order valence-electron chi connectivity index (χ1n) is 4.63. The zero-order valence-electron chi connectivity index (χ0n) is 8.56. The smallest absolute Gasteiger partial charge is 0.358 e. The number of carboxylic acid groups (broad SMARTS) is 1. The van der Waals surface area contributed by atoms with E-state index >= 15 is 0 Å². The predicted molar refractivity (Wildman–Crippen MR) is 56.1 cm³/mol. The summed E-state index contributed by atoms with van der Waals surface area (Å²) in [6.07, 6.45) is 2.23. The van der Waals surface area contributed by atoms with Crippen molar-refractivity contribution in [3.05, 3.63) is 36.2 Å². The monoisotopic (exact) mass is 207 g/mol. The number of ether oxygens (including phenoxy) is 1. The lowest BCUT2D eigenvalue weighted by Gasteiger charge is -2.08. The van der Waals surface area contributed by atoms with Crippen LogP contribution in [0.15, 0.2) is 30.5 Å². The van der Waals surface area contributed by atoms with Crippen LogP contribution in [-0.4, -0.2) is 22.7 Å². The number of carbonyl (C=O) groups is 1. The molecule has 0 aliphatic rings. The normalized spacial score (nSPS) is 9.67. The summed E-state index contributed by atoms with van der Waals surface area (Å²) < 4.78 is 5.31. The van der Waals surface area contributed by atoms with Crippen molar-refractivity contribution in [3.8, 4) is 5.75 Å². The molecule has 0 aromatic carbocycles. The summed E-state index contributed by atoms with van der Waals surface area (Å²) in [7, 11) is 0. The minimum absolute atomic E-state index is 0.0681. The Morgan fingerprint density at radius 1 is 1.67 bits per heavy atom. The number of aromatic nitrogens is 1. The van der Waals surface area contributed by atoms with Gasteiger partial charge >= 0.3 is 5.97 Å². The third-order valence-electron chi connectivity index (χ3n) is 1.91. The van der Waals surface area contributed by atoms with Gasteiger partial charge in [-0.1, -0.05) is 13.5 Å². The molecule has 0 unspecified atom stereocenters. The second kappa shape index (κ2) is 5.14. The number of aromatic carboxylic acids is 1. The van der Waals surface area contributed by atoms with Gasteiger partial charge in [0.25, 0.3) is 0 Å². The Kier molecular flexibility index (Phi) is 3.85. The quantitative estimate of drug-likeness (QED) is 0.751. The molecule has 0 aliphatic heterocycles. The highest BCUT2D eigenvalue weighted by Crippen LogP contribution is 2.16. The second-order valence-corrected chi connectivity index (χ2v) is 3.05. The molecule has 4 nitrogen and oxygen atoms in total. The van der Waals surface area contributed by atoms with Crippen molar-refractivity contribution in [2.24, 2.45) is 0 Å². The van der Waals surface area contributed by atoms with Crippen LogP contribution >= 0.6 is 0 Å². The summed E-state index contributed by atoms with van der Waals surface area (Å²) >= 11 is 0. The van der Waals surface area contributed by atoms with Gasteiger partial charge in [-0.3, -0.25) is 0 Å². The van der Waals surface area contributed by atoms with Gasteiger partial charge in [0.2, 0.25) is 0 Å². The van der Waals surface area contributed by atoms with Crippen LogP contribution in [0.3, 0.4) is 0 Å². The molecule has 0 amide bonds. The van der Waals surface area contributed by atoms with E-state index in [0.717, 1.165) is 12.0 Å². The largest absolute Gasteiger partial charge is 0.487 e. The van der Waals surface area contributed by atoms with E-state index in [9.17, 15) is 4.79 Å². The van der Waals surface area contributed by atoms with Crippen molar-refractivity contribution in [1.29, 1.82) is 0 Å². The second-order valence-electron chi connectivity index (χ2n) is 3.05. The number of carboxylic acids is 1. The van der Waals surface area contributed by atoms with Crippen LogP contribution in [-0.2, 0) is 0 Å². The van der Waals surface area contributed by atoms with Gasteiger partial charge in [-0.25, -0.2) is 9.78 Å². The Morgan fingerprint density at radius 2 is 2.40 bits per heavy atom. The highest BCUT2D eigenvalue weighted by Gasteiger charge is 2.11. The Labute approximate surface area is 88.2 Å². The molecule has 0 atom stereocenters. The lowest BCUT2D eigenvalue weighted by molar-refractivity contribution is 0.0686. The standard InChI is InChI=1S/C11H13NO3/c1-3-8(2)7-15-9-5-4-6-12-10(9)11(13)14/h4-6H,2-3,7H2,1H3,(H,13,14). The van der Waals surface area contributed by atoms with Crippen LogP contribution in [0.5, 0.6) is 5.75 Å². The number of rotatable bonds is 5. The average molecular weight is 207 g/mol. The molecule has 15 heavy (non-hydrogen) atoms. The maximum Gasteiger partial charge on any atom is 0.358 e. The summed E-state index contributed by atoms with van der Waals surface area (Å²) in [5.41, 5.74) is 0.844. The topological polar surface area (TPSA) is 59.4 Å². The molecule has 0 spiro atoms. The zero-order chi connectivity index (χ0) is 11.3. The molecule has 1 aromatic rings. The first kappa shape index (κ1) is 11.2. The fourth-order valence-electron chi connectivity index (χ4n) is 0.950. The van der Waals surface area contributed by atoms with Crippen molar-refractivity contribution in [3.63, 3.8) is 0 Å². The van der Waals surface area contributed by atoms with E-state index in [1.807, 2.05) is 6.92 Å². The summed E-state index contributed by atoms with van der Waals surface area (Å²) in [5.74, 6) is -0.813. The van der Waals surface area contributed by atoms with Gasteiger partial charge in [-0.15, -0.1) is 0 Å². The van der Waals surface area contributed by atoms with Crippen molar-refractivity contribution >= 4 is 5.97 Å². The van der Waals surface area contributed by atoms with E-state index in [4.69, 9.17) is 9.84 Å². The molecular weight excluding hydrogens is 194 g/mol. The molecule has 1 N–H and O–H groups in total. The van der Waals surface area contributed by atoms with E-state index in [1.54, 1.807) is 12.1 Å². The average Bonchev–Trinajstić information content (AvgIpc) is 2.26. The maximum absolute atomic E-state index is 10.8. The molecular formula is C11H13NO3. The molecule has 0 aliphatic carbocycles. The Morgan fingerprint density at radius 3 is 3.00 bits per heavy atom. The SMILES string of the molecule is C=C(CC)COc1cccnc1C(=O)O. The van der Waals surface area contributed by atoms with Crippen molar-refractivity contribution < 1.29 is 14.6 Å². The van der Waals surface area contributed by atoms with Crippen LogP contribution in [0.2, 0.25) is 0 Å². The van der Waals surface area contributed by atoms with Gasteiger partial charge in [-0.2, -0.15) is 0 Å². The first-order valence-corrected chi connectivity index (χ1v) is 4.63. The number of nitrogens with zero attached hydrogens (tertiary/aromatic N) is 1. The molecule has 1 rings (SSSR count). The molecule has 0 saturated carbocycles. The van der Waals surface area contributed by atoms with E-state index in [-0.39, 0.29) is 11.4 Å². The fourth-order valence-corrected chi connectivity index (χ4v) is 0.950. The highest BCUT2D eigenvalue weighted by molar-refractivity contribution is 5.88. The lowest BCUT2D eigenvalue weighted by atomic mass is 10.2. The molecule has 0 bridgehead atoms. The van der Waals surface area contributed by atoms with Gasteiger partial charge in [0, 0.05) is 6.20 Å². The Bertz CT molecular complexity index is 374. The van der Waals surface area contributed by atoms with Crippen LogP contribution in [0.4, 0.5) is 0 Å². The van der Waals surface area contributed by atoms with Crippen LogP contribution in [0.25, 0.3) is 0 Å².